The molecule has 1 amide bonds. The van der Waals surface area contributed by atoms with Gasteiger partial charge in [0.05, 0.1) is 37.6 Å². The van der Waals surface area contributed by atoms with E-state index in [-0.39, 0.29) is 24.7 Å². The number of amides is 1. The van der Waals surface area contributed by atoms with E-state index >= 15 is 0 Å². The van der Waals surface area contributed by atoms with Crippen molar-refractivity contribution in [3.63, 3.8) is 0 Å². The Hall–Kier alpha value is -3.06. The van der Waals surface area contributed by atoms with Gasteiger partial charge < -0.3 is 19.3 Å². The van der Waals surface area contributed by atoms with E-state index in [2.05, 4.69) is 20.2 Å². The van der Waals surface area contributed by atoms with Crippen molar-refractivity contribution in [3.05, 3.63) is 34.3 Å². The topological polar surface area (TPSA) is 121 Å². The molecule has 0 radical (unpaired) electrons. The minimum absolute atomic E-state index is 0.0982. The Morgan fingerprint density at radius 3 is 2.86 bits per heavy atom. The summed E-state index contributed by atoms with van der Waals surface area (Å²) < 4.78 is 17.5. The zero-order valence-electron chi connectivity index (χ0n) is 20.5. The summed E-state index contributed by atoms with van der Waals surface area (Å²) in [5.41, 5.74) is 2.93. The number of hydrogen-bond donors (Lipinski definition) is 2. The number of amidine groups is 1. The van der Waals surface area contributed by atoms with Gasteiger partial charge in [0.15, 0.2) is 11.5 Å². The molecule has 1 aromatic carbocycles. The molecule has 12 heteroatoms. The highest BCUT2D eigenvalue weighted by molar-refractivity contribution is 7.11. The number of guanidine groups is 1. The fourth-order valence-electron chi connectivity index (χ4n) is 4.76. The van der Waals surface area contributed by atoms with Crippen LogP contribution in [0.2, 0.25) is 0 Å². The van der Waals surface area contributed by atoms with Gasteiger partial charge in [0.1, 0.15) is 29.1 Å². The molecule has 2 aromatic rings. The van der Waals surface area contributed by atoms with Gasteiger partial charge >= 0.3 is 0 Å². The van der Waals surface area contributed by atoms with Gasteiger partial charge in [0.2, 0.25) is 5.96 Å². The Labute approximate surface area is 213 Å². The van der Waals surface area contributed by atoms with E-state index in [1.54, 1.807) is 18.7 Å². The normalized spacial score (nSPS) is 22.3. The summed E-state index contributed by atoms with van der Waals surface area (Å²) in [6.07, 6.45) is 1.09. The van der Waals surface area contributed by atoms with Crippen LogP contribution in [0.4, 0.5) is 5.69 Å². The maximum absolute atomic E-state index is 12.7. The number of rotatable bonds is 7. The van der Waals surface area contributed by atoms with Gasteiger partial charge in [0.25, 0.3) is 5.91 Å². The number of carbonyl (C=O) groups excluding carboxylic acids is 1. The molecular weight excluding hydrogens is 484 g/mol. The van der Waals surface area contributed by atoms with E-state index in [4.69, 9.17) is 19.2 Å². The second kappa shape index (κ2) is 10.5. The largest absolute Gasteiger partial charge is 0.491 e. The second-order valence-electron chi connectivity index (χ2n) is 9.05. The van der Waals surface area contributed by atoms with E-state index in [0.29, 0.717) is 47.7 Å². The molecule has 1 fully saturated rings. The molecule has 0 saturated carbocycles. The molecule has 2 N–H and O–H groups in total. The first-order valence-electron chi connectivity index (χ1n) is 11.9. The lowest BCUT2D eigenvalue weighted by molar-refractivity contribution is -0.0787. The molecule has 4 heterocycles. The molecule has 192 valence electrons. The maximum Gasteiger partial charge on any atom is 0.269 e. The number of aliphatic hydroxyl groups is 1. The molecule has 0 spiro atoms. The highest BCUT2D eigenvalue weighted by Gasteiger charge is 2.33. The predicted octanol–water partition coefficient (Wildman–Crippen LogP) is 1.49. The van der Waals surface area contributed by atoms with Crippen molar-refractivity contribution in [2.24, 2.45) is 9.98 Å². The first-order valence-corrected chi connectivity index (χ1v) is 12.8. The Morgan fingerprint density at radius 2 is 2.14 bits per heavy atom. The number of morpholine rings is 1. The number of ether oxygens (including phenoxy) is 3. The average Bonchev–Trinajstić information content (AvgIpc) is 3.54. The average molecular weight is 515 g/mol. The van der Waals surface area contributed by atoms with Crippen molar-refractivity contribution in [2.45, 2.75) is 32.2 Å². The van der Waals surface area contributed by atoms with Crippen molar-refractivity contribution in [2.75, 3.05) is 46.4 Å². The Bertz CT molecular complexity index is 1160. The first-order chi connectivity index (χ1) is 17.4. The van der Waals surface area contributed by atoms with Crippen LogP contribution in [0.3, 0.4) is 0 Å². The summed E-state index contributed by atoms with van der Waals surface area (Å²) >= 11 is 1.26. The number of thiazole rings is 1. The standard InChI is InChI=1S/C24H30N6O5S/c1-14-9-29(10-15(2)35-14)11-16(31)12-34-18-5-4-17-20(21(18)33-3)27-24(30-7-6-26-22(17)30)28-23(32)19-8-25-13-36-19/h4-5,8,13-16,31H,6-7,9-12H2,1-3H3,(H,27,28,32)/t14-,15+,16-/m1/s1. The number of carbonyl (C=O) groups is 1. The molecule has 1 aromatic heterocycles. The summed E-state index contributed by atoms with van der Waals surface area (Å²) in [6, 6.07) is 3.69. The van der Waals surface area contributed by atoms with Crippen LogP contribution < -0.4 is 14.8 Å². The fraction of sp³-hybridized carbons (Fsp3) is 0.500. The summed E-state index contributed by atoms with van der Waals surface area (Å²) in [5.74, 6) is 1.70. The van der Waals surface area contributed by atoms with Gasteiger partial charge in [0, 0.05) is 31.7 Å². The molecule has 0 aliphatic carbocycles. The van der Waals surface area contributed by atoms with Crippen molar-refractivity contribution in [1.82, 2.24) is 20.1 Å². The zero-order chi connectivity index (χ0) is 25.2. The number of aliphatic hydroxyl groups excluding tert-OH is 1. The number of aliphatic imine (C=N–C) groups is 2. The Kier molecular flexibility index (Phi) is 7.19. The van der Waals surface area contributed by atoms with Crippen LogP contribution >= 0.6 is 11.3 Å². The molecule has 3 aliphatic rings. The SMILES string of the molecule is COc1c(OC[C@H](O)CN2C[C@@H](C)O[C@@H](C)C2)ccc2c1N=C(NC(=O)c1cncs1)N1CCN=C21. The molecule has 3 aliphatic heterocycles. The Morgan fingerprint density at radius 1 is 1.33 bits per heavy atom. The van der Waals surface area contributed by atoms with E-state index in [0.717, 1.165) is 24.5 Å². The van der Waals surface area contributed by atoms with Gasteiger partial charge in [-0.05, 0) is 26.0 Å². The van der Waals surface area contributed by atoms with Crippen LogP contribution in [0.15, 0.2) is 33.8 Å². The third-order valence-corrected chi connectivity index (χ3v) is 6.90. The molecule has 0 unspecified atom stereocenters. The number of benzene rings is 1. The van der Waals surface area contributed by atoms with E-state index < -0.39 is 6.10 Å². The maximum atomic E-state index is 12.7. The minimum atomic E-state index is -0.685. The molecule has 0 bridgehead atoms. The number of β-amino-alcohol motifs (C(OH)–C–C–N with tert-alkyl or cyclic N) is 1. The highest BCUT2D eigenvalue weighted by atomic mass is 32.1. The Balaban J connectivity index is 1.34. The predicted molar refractivity (Wildman–Crippen MR) is 136 cm³/mol. The van der Waals surface area contributed by atoms with Crippen LogP contribution in [0, 0.1) is 0 Å². The van der Waals surface area contributed by atoms with Crippen molar-refractivity contribution >= 4 is 34.7 Å². The van der Waals surface area contributed by atoms with Crippen molar-refractivity contribution in [3.8, 4) is 11.5 Å². The molecule has 36 heavy (non-hydrogen) atoms. The number of nitrogens with zero attached hydrogens (tertiary/aromatic N) is 5. The van der Waals surface area contributed by atoms with Crippen LogP contribution in [0.5, 0.6) is 11.5 Å². The van der Waals surface area contributed by atoms with Crippen molar-refractivity contribution in [1.29, 1.82) is 0 Å². The number of nitrogens with one attached hydrogen (secondary N) is 1. The number of aromatic nitrogens is 1. The summed E-state index contributed by atoms with van der Waals surface area (Å²) in [7, 11) is 1.54. The zero-order valence-corrected chi connectivity index (χ0v) is 21.3. The van der Waals surface area contributed by atoms with Gasteiger partial charge in [-0.3, -0.25) is 29.9 Å². The number of fused-ring (bicyclic) bond motifs is 3. The summed E-state index contributed by atoms with van der Waals surface area (Å²) in [6.45, 7) is 7.41. The molecule has 5 rings (SSSR count). The van der Waals surface area contributed by atoms with Crippen molar-refractivity contribution < 1.29 is 24.1 Å². The first kappa shape index (κ1) is 24.6. The summed E-state index contributed by atoms with van der Waals surface area (Å²) in [5, 5.41) is 13.5. The van der Waals surface area contributed by atoms with Crippen LogP contribution in [-0.2, 0) is 4.74 Å². The third-order valence-electron chi connectivity index (χ3n) is 6.13. The molecular formula is C24H30N6O5S. The van der Waals surface area contributed by atoms with E-state index in [9.17, 15) is 9.90 Å². The van der Waals surface area contributed by atoms with Crippen LogP contribution in [0.1, 0.15) is 29.1 Å². The summed E-state index contributed by atoms with van der Waals surface area (Å²) in [4.78, 5) is 30.6. The number of hydrogen-bond acceptors (Lipinski definition) is 11. The van der Waals surface area contributed by atoms with E-state index in [1.165, 1.54) is 17.5 Å². The van der Waals surface area contributed by atoms with Gasteiger partial charge in [-0.1, -0.05) is 0 Å². The minimum Gasteiger partial charge on any atom is -0.491 e. The second-order valence-corrected chi connectivity index (χ2v) is 9.93. The van der Waals surface area contributed by atoms with Crippen LogP contribution in [-0.4, -0.2) is 102 Å². The van der Waals surface area contributed by atoms with Gasteiger partial charge in [-0.25, -0.2) is 4.99 Å². The lowest BCUT2D eigenvalue weighted by atomic mass is 10.1. The van der Waals surface area contributed by atoms with Crippen LogP contribution in [0.25, 0.3) is 0 Å². The third kappa shape index (κ3) is 5.07. The lowest BCUT2D eigenvalue weighted by Crippen LogP contribution is -2.48. The molecule has 1 saturated heterocycles. The molecule has 3 atom stereocenters. The van der Waals surface area contributed by atoms with Gasteiger partial charge in [-0.15, -0.1) is 11.3 Å². The molecule has 11 nitrogen and oxygen atoms in total. The highest BCUT2D eigenvalue weighted by Crippen LogP contribution is 2.43. The monoisotopic (exact) mass is 514 g/mol. The smallest absolute Gasteiger partial charge is 0.269 e. The lowest BCUT2D eigenvalue weighted by Gasteiger charge is -2.36. The van der Waals surface area contributed by atoms with Gasteiger partial charge in [-0.2, -0.15) is 0 Å². The van der Waals surface area contributed by atoms with E-state index in [1.807, 2.05) is 24.8 Å². The number of methoxy groups -OCH3 is 1. The quantitative estimate of drug-likeness (QED) is 0.570. The fourth-order valence-corrected chi connectivity index (χ4v) is 5.28.